The molecule has 0 radical (unpaired) electrons. The third-order valence-corrected chi connectivity index (χ3v) is 7.48. The number of hydrogen-bond donors (Lipinski definition) is 0. The fourth-order valence-electron chi connectivity index (χ4n) is 4.51. The van der Waals surface area contributed by atoms with Gasteiger partial charge in [0.1, 0.15) is 5.75 Å². The van der Waals surface area contributed by atoms with E-state index in [0.29, 0.717) is 11.8 Å². The van der Waals surface area contributed by atoms with Gasteiger partial charge in [-0.3, -0.25) is 4.79 Å². The number of rotatable bonds is 5. The van der Waals surface area contributed by atoms with Gasteiger partial charge < -0.3 is 14.5 Å². The van der Waals surface area contributed by atoms with Gasteiger partial charge in [-0.15, -0.1) is 0 Å². The molecule has 0 aliphatic carbocycles. The molecule has 0 saturated carbocycles. The van der Waals surface area contributed by atoms with E-state index >= 15 is 0 Å². The largest absolute Gasteiger partial charge is 0.497 e. The maximum absolute atomic E-state index is 12.9. The number of amides is 1. The molecule has 6 heteroatoms. The predicted octanol–water partition coefficient (Wildman–Crippen LogP) is 4.22. The summed E-state index contributed by atoms with van der Waals surface area (Å²) in [7, 11) is 1.67. The van der Waals surface area contributed by atoms with Crippen molar-refractivity contribution in [3.05, 3.63) is 54.1 Å². The Hall–Kier alpha value is -2.60. The molecule has 0 atom stereocenters. The van der Waals surface area contributed by atoms with Crippen LogP contribution in [-0.4, -0.2) is 49.1 Å². The van der Waals surface area contributed by atoms with Crippen molar-refractivity contribution in [2.24, 2.45) is 11.8 Å². The van der Waals surface area contributed by atoms with E-state index in [2.05, 4.69) is 46.2 Å². The van der Waals surface area contributed by atoms with Gasteiger partial charge in [0.25, 0.3) is 0 Å². The summed E-state index contributed by atoms with van der Waals surface area (Å²) in [6, 6.07) is 16.7. The number of carbonyl (C=O) groups excluding carboxylic acids is 1. The second-order valence-electron chi connectivity index (χ2n) is 8.39. The zero-order valence-corrected chi connectivity index (χ0v) is 18.1. The van der Waals surface area contributed by atoms with Crippen molar-refractivity contribution >= 4 is 32.6 Å². The molecule has 1 aromatic heterocycles. The van der Waals surface area contributed by atoms with Gasteiger partial charge in [-0.25, -0.2) is 4.98 Å². The van der Waals surface area contributed by atoms with Crippen LogP contribution in [-0.2, 0) is 11.2 Å². The van der Waals surface area contributed by atoms with Gasteiger partial charge in [0.2, 0.25) is 5.91 Å². The maximum atomic E-state index is 12.9. The molecule has 0 unspecified atom stereocenters. The van der Waals surface area contributed by atoms with Gasteiger partial charge in [-0.1, -0.05) is 41.7 Å². The summed E-state index contributed by atoms with van der Waals surface area (Å²) in [5, 5.41) is 1.00. The number of benzene rings is 2. The van der Waals surface area contributed by atoms with Crippen molar-refractivity contribution in [3.63, 3.8) is 0 Å². The van der Waals surface area contributed by atoms with Crippen LogP contribution in [0.1, 0.15) is 18.4 Å². The summed E-state index contributed by atoms with van der Waals surface area (Å²) in [6.07, 6.45) is 3.34. The van der Waals surface area contributed by atoms with Gasteiger partial charge in [-0.2, -0.15) is 0 Å². The Kier molecular flexibility index (Phi) is 5.34. The highest BCUT2D eigenvalue weighted by molar-refractivity contribution is 7.22. The van der Waals surface area contributed by atoms with Gasteiger partial charge in [0.05, 0.1) is 23.2 Å². The van der Waals surface area contributed by atoms with Crippen LogP contribution >= 0.6 is 11.3 Å². The lowest BCUT2D eigenvalue weighted by atomic mass is 9.89. The number of hydrogen-bond acceptors (Lipinski definition) is 5. The number of fused-ring (bicyclic) bond motifs is 1. The van der Waals surface area contributed by atoms with Crippen LogP contribution < -0.4 is 9.64 Å². The number of piperidine rings is 1. The SMILES string of the molecule is COc1ccc2sc(N3CC(C(=O)N4CCC(Cc5ccccc5)CC4)C3)nc2c1. The van der Waals surface area contributed by atoms with Crippen molar-refractivity contribution in [2.75, 3.05) is 38.2 Å². The van der Waals surface area contributed by atoms with Gasteiger partial charge in [0.15, 0.2) is 5.13 Å². The monoisotopic (exact) mass is 421 g/mol. The molecule has 2 saturated heterocycles. The fraction of sp³-hybridized carbons (Fsp3) is 0.417. The highest BCUT2D eigenvalue weighted by Crippen LogP contribution is 2.35. The zero-order valence-electron chi connectivity index (χ0n) is 17.3. The van der Waals surface area contributed by atoms with E-state index in [-0.39, 0.29) is 5.92 Å². The second kappa shape index (κ2) is 8.26. The van der Waals surface area contributed by atoms with E-state index in [0.717, 1.165) is 66.5 Å². The Morgan fingerprint density at radius 2 is 1.90 bits per heavy atom. The Bertz CT molecular complexity index is 1020. The van der Waals surface area contributed by atoms with E-state index in [9.17, 15) is 4.79 Å². The Balaban J connectivity index is 1.13. The van der Waals surface area contributed by atoms with Crippen LogP contribution in [0.15, 0.2) is 48.5 Å². The van der Waals surface area contributed by atoms with E-state index < -0.39 is 0 Å². The van der Waals surface area contributed by atoms with E-state index in [1.54, 1.807) is 18.4 Å². The third kappa shape index (κ3) is 3.88. The molecular formula is C24H27N3O2S. The van der Waals surface area contributed by atoms with Crippen LogP contribution in [0.4, 0.5) is 5.13 Å². The minimum atomic E-state index is 0.109. The lowest BCUT2D eigenvalue weighted by molar-refractivity contribution is -0.137. The number of likely N-dealkylation sites (tertiary alicyclic amines) is 1. The summed E-state index contributed by atoms with van der Waals surface area (Å²) < 4.78 is 6.44. The van der Waals surface area contributed by atoms with Crippen molar-refractivity contribution in [3.8, 4) is 5.75 Å². The lowest BCUT2D eigenvalue weighted by Gasteiger charge is -2.42. The number of nitrogens with zero attached hydrogens (tertiary/aromatic N) is 3. The minimum absolute atomic E-state index is 0.109. The molecule has 2 aromatic carbocycles. The number of aromatic nitrogens is 1. The van der Waals surface area contributed by atoms with Crippen molar-refractivity contribution in [1.82, 2.24) is 9.88 Å². The third-order valence-electron chi connectivity index (χ3n) is 6.38. The summed E-state index contributed by atoms with van der Waals surface area (Å²) in [5.74, 6) is 1.95. The van der Waals surface area contributed by atoms with Gasteiger partial charge in [-0.05, 0) is 42.9 Å². The van der Waals surface area contributed by atoms with Gasteiger partial charge in [0, 0.05) is 32.2 Å². The average Bonchev–Trinajstić information content (AvgIpc) is 3.16. The summed E-state index contributed by atoms with van der Waals surface area (Å²) in [6.45, 7) is 3.35. The standard InChI is InChI=1S/C24H27N3O2S/c1-29-20-7-8-22-21(14-20)25-24(30-22)27-15-19(16-27)23(28)26-11-9-18(10-12-26)13-17-5-3-2-4-6-17/h2-8,14,18-19H,9-13,15-16H2,1H3. The van der Waals surface area contributed by atoms with Crippen LogP contribution in [0.2, 0.25) is 0 Å². The Morgan fingerprint density at radius 3 is 2.63 bits per heavy atom. The maximum Gasteiger partial charge on any atom is 0.229 e. The van der Waals surface area contributed by atoms with Crippen LogP contribution in [0, 0.1) is 11.8 Å². The number of thiazole rings is 1. The molecule has 156 valence electrons. The molecule has 3 aromatic rings. The smallest absolute Gasteiger partial charge is 0.229 e. The molecule has 0 N–H and O–H groups in total. The van der Waals surface area contributed by atoms with Crippen molar-refractivity contribution < 1.29 is 9.53 Å². The van der Waals surface area contributed by atoms with Crippen LogP contribution in [0.5, 0.6) is 5.75 Å². The highest BCUT2D eigenvalue weighted by Gasteiger charge is 2.37. The van der Waals surface area contributed by atoms with E-state index in [1.165, 1.54) is 5.56 Å². The Labute approximate surface area is 181 Å². The zero-order chi connectivity index (χ0) is 20.5. The Morgan fingerprint density at radius 1 is 1.13 bits per heavy atom. The number of ether oxygens (including phenoxy) is 1. The lowest BCUT2D eigenvalue weighted by Crippen LogP contribution is -2.55. The molecular weight excluding hydrogens is 394 g/mol. The normalized spacial score (nSPS) is 17.9. The number of methoxy groups -OCH3 is 1. The molecule has 2 fully saturated rings. The quantitative estimate of drug-likeness (QED) is 0.619. The predicted molar refractivity (Wildman–Crippen MR) is 121 cm³/mol. The molecule has 5 nitrogen and oxygen atoms in total. The first kappa shape index (κ1) is 19.4. The number of anilines is 1. The van der Waals surface area contributed by atoms with Crippen molar-refractivity contribution in [1.29, 1.82) is 0 Å². The molecule has 0 spiro atoms. The van der Waals surface area contributed by atoms with Crippen molar-refractivity contribution in [2.45, 2.75) is 19.3 Å². The topological polar surface area (TPSA) is 45.7 Å². The molecule has 3 heterocycles. The number of carbonyl (C=O) groups is 1. The summed E-state index contributed by atoms with van der Waals surface area (Å²) >= 11 is 1.69. The molecule has 0 bridgehead atoms. The fourth-order valence-corrected chi connectivity index (χ4v) is 5.48. The van der Waals surface area contributed by atoms with E-state index in [1.807, 2.05) is 12.1 Å². The molecule has 30 heavy (non-hydrogen) atoms. The highest BCUT2D eigenvalue weighted by atomic mass is 32.1. The second-order valence-corrected chi connectivity index (χ2v) is 9.40. The first-order valence-electron chi connectivity index (χ1n) is 10.7. The van der Waals surface area contributed by atoms with Gasteiger partial charge >= 0.3 is 0 Å². The molecule has 2 aliphatic rings. The van der Waals surface area contributed by atoms with Crippen LogP contribution in [0.3, 0.4) is 0 Å². The molecule has 1 amide bonds. The average molecular weight is 422 g/mol. The first-order valence-corrected chi connectivity index (χ1v) is 11.5. The van der Waals surface area contributed by atoms with E-state index in [4.69, 9.17) is 9.72 Å². The minimum Gasteiger partial charge on any atom is -0.497 e. The summed E-state index contributed by atoms with van der Waals surface area (Å²) in [4.78, 5) is 22.0. The molecule has 2 aliphatic heterocycles. The summed E-state index contributed by atoms with van der Waals surface area (Å²) in [5.41, 5.74) is 2.37. The molecule has 5 rings (SSSR count). The van der Waals surface area contributed by atoms with Crippen LogP contribution in [0.25, 0.3) is 10.2 Å². The first-order chi connectivity index (χ1) is 14.7.